The number of hydrogen-bond acceptors (Lipinski definition) is 4. The summed E-state index contributed by atoms with van der Waals surface area (Å²) >= 11 is 1.61. The van der Waals surface area contributed by atoms with Crippen molar-refractivity contribution in [1.29, 1.82) is 0 Å². The number of carbonyl (C=O) groups excluding carboxylic acids is 1. The van der Waals surface area contributed by atoms with E-state index in [0.29, 0.717) is 24.4 Å². The summed E-state index contributed by atoms with van der Waals surface area (Å²) in [7, 11) is 0. The zero-order valence-electron chi connectivity index (χ0n) is 13.2. The molecule has 4 rings (SSSR count). The molecular formula is C17H23FN2O2S. The number of hydrogen-bond donors (Lipinski definition) is 2. The van der Waals surface area contributed by atoms with Gasteiger partial charge in [-0.15, -0.1) is 11.3 Å². The van der Waals surface area contributed by atoms with Crippen LogP contribution in [0.3, 0.4) is 0 Å². The number of nitrogens with one attached hydrogen (secondary N) is 1. The van der Waals surface area contributed by atoms with Crippen molar-refractivity contribution in [3.63, 3.8) is 0 Å². The molecule has 0 radical (unpaired) electrons. The van der Waals surface area contributed by atoms with Gasteiger partial charge >= 0.3 is 0 Å². The summed E-state index contributed by atoms with van der Waals surface area (Å²) in [6.07, 6.45) is 5.22. The van der Waals surface area contributed by atoms with Gasteiger partial charge in [0.15, 0.2) is 0 Å². The van der Waals surface area contributed by atoms with Gasteiger partial charge in [0, 0.05) is 17.3 Å². The van der Waals surface area contributed by atoms with Gasteiger partial charge in [-0.1, -0.05) is 0 Å². The predicted octanol–water partition coefficient (Wildman–Crippen LogP) is 2.95. The normalized spacial score (nSPS) is 25.3. The number of alkyl halides is 1. The maximum atomic E-state index is 13.5. The topological polar surface area (TPSA) is 52.6 Å². The minimum Gasteiger partial charge on any atom is -0.374 e. The van der Waals surface area contributed by atoms with E-state index in [9.17, 15) is 14.3 Å². The third-order valence-corrected chi connectivity index (χ3v) is 6.37. The Morgan fingerprint density at radius 2 is 2.09 bits per heavy atom. The fourth-order valence-electron chi connectivity index (χ4n) is 3.62. The number of thiophene rings is 1. The number of aliphatic hydroxyl groups excluding tert-OH is 1. The average Bonchev–Trinajstić information content (AvgIpc) is 3.21. The molecule has 126 valence electrons. The van der Waals surface area contributed by atoms with E-state index >= 15 is 0 Å². The summed E-state index contributed by atoms with van der Waals surface area (Å²) in [5.41, 5.74) is 1.84. The van der Waals surface area contributed by atoms with Gasteiger partial charge in [-0.2, -0.15) is 0 Å². The third kappa shape index (κ3) is 2.98. The standard InChI is InChI=1S/C17H23FN2O2S/c18-11-7-8-20(9-11)17(22)14-12-3-1-2-4-13(12)23-16(14)19-15(21)10-5-6-10/h10-11,15,19,21H,1-9H2/t11-,15?/m1/s1. The lowest BCUT2D eigenvalue weighted by Crippen LogP contribution is -2.31. The van der Waals surface area contributed by atoms with Crippen molar-refractivity contribution in [3.8, 4) is 0 Å². The van der Waals surface area contributed by atoms with Crippen LogP contribution in [0, 0.1) is 5.92 Å². The molecule has 0 bridgehead atoms. The molecule has 1 saturated heterocycles. The van der Waals surface area contributed by atoms with Gasteiger partial charge in [-0.3, -0.25) is 4.79 Å². The first-order valence-electron chi connectivity index (χ1n) is 8.66. The molecule has 2 atom stereocenters. The van der Waals surface area contributed by atoms with E-state index < -0.39 is 12.4 Å². The van der Waals surface area contributed by atoms with Gasteiger partial charge in [0.05, 0.1) is 12.1 Å². The number of anilines is 1. The van der Waals surface area contributed by atoms with E-state index in [0.717, 1.165) is 49.1 Å². The number of likely N-dealkylation sites (tertiary alicyclic amines) is 1. The predicted molar refractivity (Wildman–Crippen MR) is 88.7 cm³/mol. The Labute approximate surface area is 139 Å². The van der Waals surface area contributed by atoms with Gasteiger partial charge in [0.1, 0.15) is 17.4 Å². The first-order valence-corrected chi connectivity index (χ1v) is 9.47. The lowest BCUT2D eigenvalue weighted by molar-refractivity contribution is 0.0782. The van der Waals surface area contributed by atoms with Crippen LogP contribution in [-0.2, 0) is 12.8 Å². The molecule has 2 heterocycles. The van der Waals surface area contributed by atoms with Gasteiger partial charge in [-0.25, -0.2) is 4.39 Å². The van der Waals surface area contributed by atoms with Crippen molar-refractivity contribution < 1.29 is 14.3 Å². The fourth-order valence-corrected chi connectivity index (χ4v) is 4.93. The Hall–Kier alpha value is -1.14. The van der Waals surface area contributed by atoms with Crippen LogP contribution >= 0.6 is 11.3 Å². The monoisotopic (exact) mass is 338 g/mol. The van der Waals surface area contributed by atoms with Crippen molar-refractivity contribution in [2.24, 2.45) is 5.92 Å². The van der Waals surface area contributed by atoms with Crippen molar-refractivity contribution in [2.45, 2.75) is 57.3 Å². The molecule has 1 aromatic rings. The quantitative estimate of drug-likeness (QED) is 0.830. The van der Waals surface area contributed by atoms with E-state index in [4.69, 9.17) is 0 Å². The smallest absolute Gasteiger partial charge is 0.257 e. The summed E-state index contributed by atoms with van der Waals surface area (Å²) in [4.78, 5) is 15.9. The molecular weight excluding hydrogens is 315 g/mol. The first kappa shape index (κ1) is 15.4. The van der Waals surface area contributed by atoms with E-state index in [1.165, 1.54) is 4.88 Å². The number of aliphatic hydroxyl groups is 1. The Balaban J connectivity index is 1.64. The lowest BCUT2D eigenvalue weighted by Gasteiger charge is -2.20. The number of carbonyl (C=O) groups is 1. The zero-order valence-corrected chi connectivity index (χ0v) is 14.0. The van der Waals surface area contributed by atoms with Crippen LogP contribution in [0.5, 0.6) is 0 Å². The fraction of sp³-hybridized carbons (Fsp3) is 0.706. The van der Waals surface area contributed by atoms with E-state index in [-0.39, 0.29) is 12.5 Å². The minimum atomic E-state index is -0.901. The van der Waals surface area contributed by atoms with Crippen LogP contribution in [0.2, 0.25) is 0 Å². The van der Waals surface area contributed by atoms with Crippen molar-refractivity contribution in [1.82, 2.24) is 4.90 Å². The number of nitrogens with zero attached hydrogens (tertiary/aromatic N) is 1. The third-order valence-electron chi connectivity index (χ3n) is 5.15. The molecule has 2 aliphatic carbocycles. The molecule has 1 unspecified atom stereocenters. The Morgan fingerprint density at radius 1 is 1.30 bits per heavy atom. The van der Waals surface area contributed by atoms with Crippen molar-refractivity contribution in [3.05, 3.63) is 16.0 Å². The van der Waals surface area contributed by atoms with Crippen LogP contribution in [0.1, 0.15) is 52.9 Å². The van der Waals surface area contributed by atoms with Gasteiger partial charge in [0.25, 0.3) is 5.91 Å². The second-order valence-corrected chi connectivity index (χ2v) is 8.08. The highest BCUT2D eigenvalue weighted by molar-refractivity contribution is 7.16. The number of fused-ring (bicyclic) bond motifs is 1. The minimum absolute atomic E-state index is 0.0601. The van der Waals surface area contributed by atoms with E-state index in [1.807, 2.05) is 0 Å². The summed E-state index contributed by atoms with van der Waals surface area (Å²) in [6.45, 7) is 0.698. The number of amides is 1. The van der Waals surface area contributed by atoms with Crippen LogP contribution in [0.4, 0.5) is 9.39 Å². The molecule has 2 N–H and O–H groups in total. The second kappa shape index (κ2) is 6.06. The zero-order chi connectivity index (χ0) is 16.0. The molecule has 23 heavy (non-hydrogen) atoms. The van der Waals surface area contributed by atoms with Crippen LogP contribution in [-0.4, -0.2) is 41.4 Å². The largest absolute Gasteiger partial charge is 0.374 e. The van der Waals surface area contributed by atoms with Crippen molar-refractivity contribution in [2.75, 3.05) is 18.4 Å². The molecule has 1 aromatic heterocycles. The summed E-state index contributed by atoms with van der Waals surface area (Å²) in [5.74, 6) is 0.245. The molecule has 1 saturated carbocycles. The number of rotatable bonds is 4. The summed E-state index contributed by atoms with van der Waals surface area (Å²) in [6, 6.07) is 0. The molecule has 0 aromatic carbocycles. The van der Waals surface area contributed by atoms with Crippen LogP contribution in [0.15, 0.2) is 0 Å². The summed E-state index contributed by atoms with van der Waals surface area (Å²) in [5, 5.41) is 14.2. The highest BCUT2D eigenvalue weighted by Gasteiger charge is 2.35. The Bertz CT molecular complexity index is 614. The van der Waals surface area contributed by atoms with Crippen LogP contribution < -0.4 is 5.32 Å². The van der Waals surface area contributed by atoms with E-state index in [2.05, 4.69) is 5.32 Å². The maximum Gasteiger partial charge on any atom is 0.257 e. The molecule has 1 amide bonds. The number of aryl methyl sites for hydroxylation is 1. The van der Waals surface area contributed by atoms with E-state index in [1.54, 1.807) is 16.2 Å². The molecule has 6 heteroatoms. The van der Waals surface area contributed by atoms with Crippen LogP contribution in [0.25, 0.3) is 0 Å². The molecule has 3 aliphatic rings. The van der Waals surface area contributed by atoms with Gasteiger partial charge < -0.3 is 15.3 Å². The van der Waals surface area contributed by atoms with Gasteiger partial charge in [-0.05, 0) is 50.5 Å². The lowest BCUT2D eigenvalue weighted by atomic mass is 9.95. The highest BCUT2D eigenvalue weighted by atomic mass is 32.1. The SMILES string of the molecule is O=C(c1c(NC(O)C2CC2)sc2c1CCCC2)N1CC[C@@H](F)C1. The number of halogens is 1. The molecule has 1 aliphatic heterocycles. The Kier molecular flexibility index (Phi) is 4.05. The first-order chi connectivity index (χ1) is 11.1. The van der Waals surface area contributed by atoms with Crippen molar-refractivity contribution >= 4 is 22.2 Å². The maximum absolute atomic E-state index is 13.5. The highest BCUT2D eigenvalue weighted by Crippen LogP contribution is 2.41. The average molecular weight is 338 g/mol. The molecule has 0 spiro atoms. The van der Waals surface area contributed by atoms with Gasteiger partial charge in [0.2, 0.25) is 0 Å². The summed E-state index contributed by atoms with van der Waals surface area (Å²) < 4.78 is 13.5. The molecule has 2 fully saturated rings. The molecule has 4 nitrogen and oxygen atoms in total. The Morgan fingerprint density at radius 3 is 2.78 bits per heavy atom. The second-order valence-electron chi connectivity index (χ2n) is 6.98.